The quantitative estimate of drug-likeness (QED) is 0.358. The Hall–Kier alpha value is -3.46. The molecular weight excluding hydrogens is 466 g/mol. The van der Waals surface area contributed by atoms with Gasteiger partial charge in [-0.25, -0.2) is 0 Å². The number of hydrogen-bond acceptors (Lipinski definition) is 6. The van der Waals surface area contributed by atoms with Crippen molar-refractivity contribution in [2.45, 2.75) is 0 Å². The molecule has 0 radical (unpaired) electrons. The molecule has 0 unspecified atom stereocenters. The molecule has 0 saturated carbocycles. The zero-order valence-electron chi connectivity index (χ0n) is 18.3. The second kappa shape index (κ2) is 10.2. The summed E-state index contributed by atoms with van der Waals surface area (Å²) in [5, 5.41) is 8.80. The van der Waals surface area contributed by atoms with Crippen LogP contribution in [0.5, 0.6) is 0 Å². The number of carbonyl (C=O) groups excluding carboxylic acids is 2. The lowest BCUT2D eigenvalue weighted by Crippen LogP contribution is -2.35. The third-order valence-electron chi connectivity index (χ3n) is 5.44. The minimum absolute atomic E-state index is 0.167. The molecular formula is C26H23N3O3S2. The van der Waals surface area contributed by atoms with Crippen molar-refractivity contribution in [3.63, 3.8) is 0 Å². The smallest absolute Gasteiger partial charge is 0.265 e. The second-order valence-electron chi connectivity index (χ2n) is 7.76. The predicted octanol–water partition coefficient (Wildman–Crippen LogP) is 5.82. The van der Waals surface area contributed by atoms with E-state index in [-0.39, 0.29) is 11.8 Å². The highest BCUT2D eigenvalue weighted by molar-refractivity contribution is 7.18. The monoisotopic (exact) mass is 489 g/mol. The SMILES string of the molecule is O=C(Nc1cccc(NC(=O)c2cc(-c3ccccc3)c(N3CCOCC3)s2)c1)c1cccs1. The number of nitrogens with one attached hydrogen (secondary N) is 2. The van der Waals surface area contributed by atoms with E-state index < -0.39 is 0 Å². The molecule has 0 atom stereocenters. The summed E-state index contributed by atoms with van der Waals surface area (Å²) < 4.78 is 5.52. The van der Waals surface area contributed by atoms with Crippen molar-refractivity contribution < 1.29 is 14.3 Å². The Morgan fingerprint density at radius 3 is 2.18 bits per heavy atom. The third kappa shape index (κ3) is 5.04. The van der Waals surface area contributed by atoms with Crippen LogP contribution in [-0.2, 0) is 4.74 Å². The van der Waals surface area contributed by atoms with E-state index in [1.54, 1.807) is 18.2 Å². The first-order valence-electron chi connectivity index (χ1n) is 11.0. The molecule has 2 amide bonds. The second-order valence-corrected chi connectivity index (χ2v) is 9.74. The van der Waals surface area contributed by atoms with Crippen LogP contribution in [0.4, 0.5) is 16.4 Å². The summed E-state index contributed by atoms with van der Waals surface area (Å²) in [6, 6.07) is 22.9. The van der Waals surface area contributed by atoms with Gasteiger partial charge in [-0.15, -0.1) is 22.7 Å². The topological polar surface area (TPSA) is 70.7 Å². The first-order valence-corrected chi connectivity index (χ1v) is 12.7. The van der Waals surface area contributed by atoms with Gasteiger partial charge in [0.1, 0.15) is 0 Å². The Morgan fingerprint density at radius 1 is 0.794 bits per heavy atom. The molecule has 1 saturated heterocycles. The number of carbonyl (C=O) groups is 2. The maximum atomic E-state index is 13.2. The number of benzene rings is 2. The van der Waals surface area contributed by atoms with Gasteiger partial charge in [-0.2, -0.15) is 0 Å². The largest absolute Gasteiger partial charge is 0.378 e. The van der Waals surface area contributed by atoms with Gasteiger partial charge >= 0.3 is 0 Å². The molecule has 4 aromatic rings. The Balaban J connectivity index is 1.36. The minimum atomic E-state index is -0.177. The number of ether oxygens (including phenoxy) is 1. The summed E-state index contributed by atoms with van der Waals surface area (Å²) in [6.07, 6.45) is 0. The summed E-state index contributed by atoms with van der Waals surface area (Å²) >= 11 is 2.87. The van der Waals surface area contributed by atoms with Crippen LogP contribution < -0.4 is 15.5 Å². The van der Waals surface area contributed by atoms with Crippen LogP contribution >= 0.6 is 22.7 Å². The van der Waals surface area contributed by atoms with Crippen molar-refractivity contribution in [2.75, 3.05) is 41.8 Å². The molecule has 34 heavy (non-hydrogen) atoms. The maximum Gasteiger partial charge on any atom is 0.265 e. The van der Waals surface area contributed by atoms with E-state index in [4.69, 9.17) is 4.74 Å². The summed E-state index contributed by atoms with van der Waals surface area (Å²) in [6.45, 7) is 2.95. The van der Waals surface area contributed by atoms with E-state index in [1.807, 2.05) is 47.8 Å². The summed E-state index contributed by atoms with van der Waals surface area (Å²) in [4.78, 5) is 29.1. The molecule has 2 N–H and O–H groups in total. The first-order chi connectivity index (χ1) is 16.7. The maximum absolute atomic E-state index is 13.2. The van der Waals surface area contributed by atoms with Crippen molar-refractivity contribution >= 4 is 50.9 Å². The highest BCUT2D eigenvalue weighted by Gasteiger charge is 2.22. The summed E-state index contributed by atoms with van der Waals surface area (Å²) in [5.41, 5.74) is 3.38. The summed E-state index contributed by atoms with van der Waals surface area (Å²) in [7, 11) is 0. The number of rotatable bonds is 6. The van der Waals surface area contributed by atoms with Crippen LogP contribution in [0, 0.1) is 0 Å². The van der Waals surface area contributed by atoms with Crippen LogP contribution in [0.3, 0.4) is 0 Å². The van der Waals surface area contributed by atoms with Gasteiger partial charge in [0.05, 0.1) is 28.0 Å². The van der Waals surface area contributed by atoms with Crippen LogP contribution in [0.2, 0.25) is 0 Å². The van der Waals surface area contributed by atoms with E-state index in [0.29, 0.717) is 34.3 Å². The minimum Gasteiger partial charge on any atom is -0.378 e. The third-order valence-corrected chi connectivity index (χ3v) is 7.51. The molecule has 2 aromatic heterocycles. The van der Waals surface area contributed by atoms with Gasteiger partial charge in [0.15, 0.2) is 0 Å². The Kier molecular flexibility index (Phi) is 6.71. The zero-order chi connectivity index (χ0) is 23.3. The Morgan fingerprint density at radius 2 is 1.50 bits per heavy atom. The molecule has 1 fully saturated rings. The number of nitrogens with zero attached hydrogens (tertiary/aromatic N) is 1. The van der Waals surface area contributed by atoms with Crippen molar-refractivity contribution in [3.8, 4) is 11.1 Å². The van der Waals surface area contributed by atoms with Gasteiger partial charge < -0.3 is 20.3 Å². The molecule has 1 aliphatic rings. The fraction of sp³-hybridized carbons (Fsp3) is 0.154. The summed E-state index contributed by atoms with van der Waals surface area (Å²) in [5.74, 6) is -0.345. The van der Waals surface area contributed by atoms with Crippen LogP contribution in [0.15, 0.2) is 78.2 Å². The molecule has 0 bridgehead atoms. The van der Waals surface area contributed by atoms with E-state index in [2.05, 4.69) is 27.7 Å². The standard InChI is InChI=1S/C26H23N3O3S2/c30-24(22-10-5-15-33-22)27-19-8-4-9-20(16-19)28-25(31)23-17-21(18-6-2-1-3-7-18)26(34-23)29-11-13-32-14-12-29/h1-10,15-17H,11-14H2,(H,27,30)(H,28,31). The number of morpholine rings is 1. The predicted molar refractivity (Wildman–Crippen MR) is 139 cm³/mol. The van der Waals surface area contributed by atoms with Crippen molar-refractivity contribution in [2.24, 2.45) is 0 Å². The highest BCUT2D eigenvalue weighted by atomic mass is 32.1. The number of anilines is 3. The highest BCUT2D eigenvalue weighted by Crippen LogP contribution is 2.39. The van der Waals surface area contributed by atoms with E-state index in [9.17, 15) is 9.59 Å². The molecule has 172 valence electrons. The van der Waals surface area contributed by atoms with Crippen LogP contribution in [0.25, 0.3) is 11.1 Å². The molecule has 8 heteroatoms. The molecule has 6 nitrogen and oxygen atoms in total. The average molecular weight is 490 g/mol. The Labute approximate surface area is 205 Å². The van der Waals surface area contributed by atoms with Crippen molar-refractivity contribution in [1.82, 2.24) is 0 Å². The lowest BCUT2D eigenvalue weighted by Gasteiger charge is -2.28. The molecule has 2 aromatic carbocycles. The number of thiophene rings is 2. The molecule has 0 spiro atoms. The fourth-order valence-electron chi connectivity index (χ4n) is 3.79. The lowest BCUT2D eigenvalue weighted by atomic mass is 10.1. The van der Waals surface area contributed by atoms with Gasteiger partial charge in [0.25, 0.3) is 11.8 Å². The fourth-order valence-corrected chi connectivity index (χ4v) is 5.53. The van der Waals surface area contributed by atoms with Crippen molar-refractivity contribution in [1.29, 1.82) is 0 Å². The van der Waals surface area contributed by atoms with E-state index in [0.717, 1.165) is 29.2 Å². The van der Waals surface area contributed by atoms with Gasteiger partial charge in [0, 0.05) is 30.0 Å². The number of amides is 2. The zero-order valence-corrected chi connectivity index (χ0v) is 20.0. The van der Waals surface area contributed by atoms with Gasteiger partial charge in [-0.05, 0) is 41.3 Å². The number of hydrogen-bond donors (Lipinski definition) is 2. The van der Waals surface area contributed by atoms with Gasteiger partial charge in [-0.3, -0.25) is 9.59 Å². The normalized spacial score (nSPS) is 13.5. The molecule has 0 aliphatic carbocycles. The van der Waals surface area contributed by atoms with Crippen molar-refractivity contribution in [3.05, 3.63) is 87.9 Å². The van der Waals surface area contributed by atoms with Crippen LogP contribution in [-0.4, -0.2) is 38.1 Å². The Bertz CT molecular complexity index is 1280. The van der Waals surface area contributed by atoms with Gasteiger partial charge in [-0.1, -0.05) is 42.5 Å². The average Bonchev–Trinajstić information content (AvgIpc) is 3.56. The van der Waals surface area contributed by atoms with E-state index >= 15 is 0 Å². The molecule has 3 heterocycles. The molecule has 5 rings (SSSR count). The lowest BCUT2D eigenvalue weighted by molar-refractivity contribution is 0.102. The molecule has 1 aliphatic heterocycles. The van der Waals surface area contributed by atoms with E-state index in [1.165, 1.54) is 22.7 Å². The van der Waals surface area contributed by atoms with Gasteiger partial charge in [0.2, 0.25) is 0 Å². The van der Waals surface area contributed by atoms with Crippen LogP contribution in [0.1, 0.15) is 19.3 Å². The first kappa shape index (κ1) is 22.3.